The Bertz CT molecular complexity index is 155. The molecular weight excluding hydrogens is 168 g/mol. The van der Waals surface area contributed by atoms with Crippen molar-refractivity contribution in [1.29, 1.82) is 0 Å². The van der Waals surface area contributed by atoms with Crippen LogP contribution < -0.4 is 0 Å². The van der Waals surface area contributed by atoms with Crippen molar-refractivity contribution in [3.63, 3.8) is 0 Å². The Morgan fingerprint density at radius 2 is 1.00 bits per heavy atom. The molecule has 1 rings (SSSR count). The van der Waals surface area contributed by atoms with Crippen LogP contribution in [0.2, 0.25) is 0 Å². The van der Waals surface area contributed by atoms with Crippen molar-refractivity contribution in [2.75, 3.05) is 0 Å². The first-order valence-electron chi connectivity index (χ1n) is 6.17. The zero-order chi connectivity index (χ0) is 11.0. The Labute approximate surface area is 90.5 Å². The van der Waals surface area contributed by atoms with Gasteiger partial charge in [-0.05, 0) is 48.3 Å². The van der Waals surface area contributed by atoms with Crippen LogP contribution >= 0.6 is 0 Å². The number of rotatable bonds is 2. The van der Waals surface area contributed by atoms with Crippen LogP contribution in [0.4, 0.5) is 0 Å². The summed E-state index contributed by atoms with van der Waals surface area (Å²) in [6.45, 7) is 14.2. The van der Waals surface area contributed by atoms with E-state index in [2.05, 4.69) is 41.5 Å². The highest BCUT2D eigenvalue weighted by atomic mass is 14.4. The lowest BCUT2D eigenvalue weighted by Crippen LogP contribution is -2.32. The molecule has 0 N–H and O–H groups in total. The Morgan fingerprint density at radius 1 is 0.714 bits per heavy atom. The summed E-state index contributed by atoms with van der Waals surface area (Å²) in [5.41, 5.74) is 1.06. The highest BCUT2D eigenvalue weighted by Crippen LogP contribution is 2.46. The number of hydrogen-bond acceptors (Lipinski definition) is 0. The molecule has 14 heavy (non-hydrogen) atoms. The van der Waals surface area contributed by atoms with Gasteiger partial charge in [0.2, 0.25) is 0 Å². The van der Waals surface area contributed by atoms with E-state index in [0.29, 0.717) is 10.8 Å². The van der Waals surface area contributed by atoms with Crippen LogP contribution in [0.1, 0.15) is 67.2 Å². The summed E-state index contributed by atoms with van der Waals surface area (Å²) in [5.74, 6) is 2.04. The molecule has 0 heteroatoms. The van der Waals surface area contributed by atoms with E-state index in [1.54, 1.807) is 0 Å². The smallest absolute Gasteiger partial charge is 0.0380 e. The number of hydrogen-bond donors (Lipinski definition) is 0. The maximum atomic E-state index is 2.37. The normalized spacial score (nSPS) is 28.7. The van der Waals surface area contributed by atoms with Gasteiger partial charge in [-0.3, -0.25) is 0 Å². The molecule has 0 bridgehead atoms. The minimum absolute atomic E-state index is 0.529. The highest BCUT2D eigenvalue weighted by molar-refractivity contribution is 4.86. The molecule has 0 aromatic rings. The van der Waals surface area contributed by atoms with E-state index in [1.165, 1.54) is 25.7 Å². The summed E-state index contributed by atoms with van der Waals surface area (Å²) in [4.78, 5) is 0. The molecule has 1 fully saturated rings. The van der Waals surface area contributed by atoms with Gasteiger partial charge in [0.15, 0.2) is 0 Å². The first-order chi connectivity index (χ1) is 6.17. The van der Waals surface area contributed by atoms with Crippen molar-refractivity contribution < 1.29 is 0 Å². The van der Waals surface area contributed by atoms with Gasteiger partial charge in [-0.1, -0.05) is 41.5 Å². The van der Waals surface area contributed by atoms with Gasteiger partial charge in [-0.25, -0.2) is 0 Å². The zero-order valence-corrected chi connectivity index (χ0v) is 11.0. The second kappa shape index (κ2) is 3.87. The Morgan fingerprint density at radius 3 is 1.14 bits per heavy atom. The predicted molar refractivity (Wildman–Crippen MR) is 64.4 cm³/mol. The van der Waals surface area contributed by atoms with Crippen LogP contribution in [-0.4, -0.2) is 0 Å². The molecule has 0 amide bonds. The molecule has 0 heterocycles. The molecule has 0 radical (unpaired) electrons. The van der Waals surface area contributed by atoms with Gasteiger partial charge < -0.3 is 0 Å². The van der Waals surface area contributed by atoms with Crippen molar-refractivity contribution in [1.82, 2.24) is 0 Å². The standard InChI is InChI=1S/C14H28/c1-13(2,3)9-11-7-8-12(11)10-14(4,5)6/h11-12H,7-10H2,1-6H3/t11-,12-/m0/s1. The van der Waals surface area contributed by atoms with E-state index < -0.39 is 0 Å². The third-order valence-electron chi connectivity index (χ3n) is 3.32. The largest absolute Gasteiger partial charge is 0.0602 e. The van der Waals surface area contributed by atoms with Crippen molar-refractivity contribution in [3.05, 3.63) is 0 Å². The second-order valence-corrected chi connectivity index (χ2v) is 7.63. The van der Waals surface area contributed by atoms with Crippen molar-refractivity contribution in [3.8, 4) is 0 Å². The fraction of sp³-hybridized carbons (Fsp3) is 1.00. The van der Waals surface area contributed by atoms with E-state index >= 15 is 0 Å². The van der Waals surface area contributed by atoms with E-state index in [-0.39, 0.29) is 0 Å². The molecule has 1 aliphatic rings. The fourth-order valence-electron chi connectivity index (χ4n) is 2.75. The molecular formula is C14H28. The predicted octanol–water partition coefficient (Wildman–Crippen LogP) is 4.89. The van der Waals surface area contributed by atoms with E-state index in [0.717, 1.165) is 11.8 Å². The summed E-state index contributed by atoms with van der Waals surface area (Å²) in [6.07, 6.45) is 5.82. The maximum Gasteiger partial charge on any atom is -0.0380 e. The molecule has 0 aliphatic heterocycles. The van der Waals surface area contributed by atoms with Crippen molar-refractivity contribution >= 4 is 0 Å². The quantitative estimate of drug-likeness (QED) is 0.590. The molecule has 0 saturated heterocycles. The van der Waals surface area contributed by atoms with Gasteiger partial charge in [0.05, 0.1) is 0 Å². The van der Waals surface area contributed by atoms with Crippen LogP contribution in [0.3, 0.4) is 0 Å². The minimum Gasteiger partial charge on any atom is -0.0602 e. The monoisotopic (exact) mass is 196 g/mol. The summed E-state index contributed by atoms with van der Waals surface area (Å²) in [5, 5.41) is 0. The van der Waals surface area contributed by atoms with Crippen LogP contribution in [0.25, 0.3) is 0 Å². The molecule has 0 aromatic heterocycles. The van der Waals surface area contributed by atoms with Gasteiger partial charge >= 0.3 is 0 Å². The molecule has 84 valence electrons. The summed E-state index contributed by atoms with van der Waals surface area (Å²) in [6, 6.07) is 0. The minimum atomic E-state index is 0.529. The van der Waals surface area contributed by atoms with Gasteiger partial charge in [0.25, 0.3) is 0 Å². The topological polar surface area (TPSA) is 0 Å². The zero-order valence-electron chi connectivity index (χ0n) is 11.0. The Kier molecular flexibility index (Phi) is 3.33. The van der Waals surface area contributed by atoms with E-state index in [9.17, 15) is 0 Å². The van der Waals surface area contributed by atoms with E-state index in [4.69, 9.17) is 0 Å². The lowest BCUT2D eigenvalue weighted by Gasteiger charge is -2.43. The molecule has 0 aromatic carbocycles. The molecule has 2 atom stereocenters. The van der Waals surface area contributed by atoms with Crippen LogP contribution in [0, 0.1) is 22.7 Å². The molecule has 0 nitrogen and oxygen atoms in total. The van der Waals surface area contributed by atoms with Crippen molar-refractivity contribution in [2.45, 2.75) is 67.2 Å². The van der Waals surface area contributed by atoms with Gasteiger partial charge in [0, 0.05) is 0 Å². The molecule has 1 saturated carbocycles. The maximum absolute atomic E-state index is 2.37. The lowest BCUT2D eigenvalue weighted by atomic mass is 9.63. The summed E-state index contributed by atoms with van der Waals surface area (Å²) >= 11 is 0. The van der Waals surface area contributed by atoms with Gasteiger partial charge in [-0.15, -0.1) is 0 Å². The van der Waals surface area contributed by atoms with Crippen LogP contribution in [-0.2, 0) is 0 Å². The first kappa shape index (κ1) is 12.1. The van der Waals surface area contributed by atoms with Crippen LogP contribution in [0.15, 0.2) is 0 Å². The van der Waals surface area contributed by atoms with Crippen molar-refractivity contribution in [2.24, 2.45) is 22.7 Å². The lowest BCUT2D eigenvalue weighted by molar-refractivity contribution is 0.0793. The summed E-state index contributed by atoms with van der Waals surface area (Å²) in [7, 11) is 0. The Hall–Kier alpha value is 0. The van der Waals surface area contributed by atoms with E-state index in [1.807, 2.05) is 0 Å². The van der Waals surface area contributed by atoms with Gasteiger partial charge in [0.1, 0.15) is 0 Å². The SMILES string of the molecule is CC(C)(C)C[C@@H]1CC[C@H]1CC(C)(C)C. The summed E-state index contributed by atoms with van der Waals surface area (Å²) < 4.78 is 0. The average Bonchev–Trinajstić information content (AvgIpc) is 1.91. The second-order valence-electron chi connectivity index (χ2n) is 7.63. The Balaban J connectivity index is 2.36. The highest BCUT2D eigenvalue weighted by Gasteiger charge is 2.35. The molecule has 1 aliphatic carbocycles. The fourth-order valence-corrected chi connectivity index (χ4v) is 2.75. The first-order valence-corrected chi connectivity index (χ1v) is 6.17. The third kappa shape index (κ3) is 4.02. The van der Waals surface area contributed by atoms with Gasteiger partial charge in [-0.2, -0.15) is 0 Å². The molecule has 0 spiro atoms. The average molecular weight is 196 g/mol. The third-order valence-corrected chi connectivity index (χ3v) is 3.32. The molecule has 0 unspecified atom stereocenters. The van der Waals surface area contributed by atoms with Crippen LogP contribution in [0.5, 0.6) is 0 Å².